The van der Waals surface area contributed by atoms with Crippen molar-refractivity contribution in [2.45, 2.75) is 59.9 Å². The van der Waals surface area contributed by atoms with Crippen LogP contribution in [0.25, 0.3) is 0 Å². The Labute approximate surface area is 130 Å². The molecule has 0 aromatic rings. The fourth-order valence-electron chi connectivity index (χ4n) is 2.43. The number of nitrogens with zero attached hydrogens (tertiary/aromatic N) is 2. The molecule has 1 rings (SSSR count). The van der Waals surface area contributed by atoms with Crippen molar-refractivity contribution in [3.63, 3.8) is 0 Å². The van der Waals surface area contributed by atoms with Gasteiger partial charge in [0.05, 0.1) is 18.3 Å². The largest absolute Gasteiger partial charge is 0.372 e. The first-order valence-corrected chi connectivity index (χ1v) is 9.48. The van der Waals surface area contributed by atoms with E-state index in [1.54, 1.807) is 4.67 Å². The second-order valence-electron chi connectivity index (χ2n) is 7.06. The third-order valence-electron chi connectivity index (χ3n) is 3.83. The molecule has 0 spiro atoms. The second-order valence-corrected chi connectivity index (χ2v) is 9.62. The number of rotatable bonds is 6. The Kier molecular flexibility index (Phi) is 6.88. The average Bonchev–Trinajstić information content (AvgIpc) is 2.36. The van der Waals surface area contributed by atoms with Gasteiger partial charge in [-0.1, -0.05) is 27.7 Å². The first-order valence-electron chi connectivity index (χ1n) is 7.95. The fraction of sp³-hybridized carbons (Fsp3) is 1.00. The molecule has 1 aliphatic rings. The SMILES string of the molecule is CC(C)OP(=O)(N(C)C)N1CC(C(C)C)OC(C(C)C)C1. The van der Waals surface area contributed by atoms with Crippen LogP contribution in [0.1, 0.15) is 41.5 Å². The van der Waals surface area contributed by atoms with Gasteiger partial charge < -0.3 is 9.26 Å². The molecule has 0 aromatic heterocycles. The summed E-state index contributed by atoms with van der Waals surface area (Å²) in [6.45, 7) is 13.8. The van der Waals surface area contributed by atoms with Gasteiger partial charge in [-0.15, -0.1) is 0 Å². The highest BCUT2D eigenvalue weighted by atomic mass is 31.2. The minimum Gasteiger partial charge on any atom is -0.372 e. The van der Waals surface area contributed by atoms with Crippen molar-refractivity contribution in [3.8, 4) is 0 Å². The fourth-order valence-corrected chi connectivity index (χ4v) is 4.54. The maximum atomic E-state index is 13.4. The molecule has 1 aliphatic heterocycles. The number of hydrogen-bond acceptors (Lipinski definition) is 3. The summed E-state index contributed by atoms with van der Waals surface area (Å²) < 4.78 is 29.2. The Morgan fingerprint density at radius 2 is 1.48 bits per heavy atom. The predicted octanol–water partition coefficient (Wildman–Crippen LogP) is 3.46. The van der Waals surface area contributed by atoms with Crippen LogP contribution in [0.4, 0.5) is 0 Å². The average molecular weight is 320 g/mol. The summed E-state index contributed by atoms with van der Waals surface area (Å²) in [5, 5.41) is 0. The molecule has 0 N–H and O–H groups in total. The molecular weight excluding hydrogens is 287 g/mol. The first-order chi connectivity index (χ1) is 9.57. The lowest BCUT2D eigenvalue weighted by Crippen LogP contribution is -2.51. The summed E-state index contributed by atoms with van der Waals surface area (Å²) >= 11 is 0. The third kappa shape index (κ3) is 4.77. The van der Waals surface area contributed by atoms with E-state index in [9.17, 15) is 4.57 Å². The van der Waals surface area contributed by atoms with Gasteiger partial charge >= 0.3 is 7.67 Å². The lowest BCUT2D eigenvalue weighted by molar-refractivity contribution is -0.105. The Morgan fingerprint density at radius 1 is 1.05 bits per heavy atom. The molecular formula is C15H33N2O3P. The van der Waals surface area contributed by atoms with Gasteiger partial charge in [0.1, 0.15) is 0 Å². The Hall–Kier alpha value is 0.0700. The van der Waals surface area contributed by atoms with E-state index in [4.69, 9.17) is 9.26 Å². The van der Waals surface area contributed by atoms with Crippen molar-refractivity contribution in [2.24, 2.45) is 11.8 Å². The summed E-state index contributed by atoms with van der Waals surface area (Å²) in [7, 11) is 0.663. The zero-order valence-electron chi connectivity index (χ0n) is 14.9. The molecule has 126 valence electrons. The zero-order valence-corrected chi connectivity index (χ0v) is 15.8. The quantitative estimate of drug-likeness (QED) is 0.701. The van der Waals surface area contributed by atoms with Crippen LogP contribution in [0.3, 0.4) is 0 Å². The summed E-state index contributed by atoms with van der Waals surface area (Å²) in [5.74, 6) is 0.785. The highest BCUT2D eigenvalue weighted by Gasteiger charge is 2.43. The van der Waals surface area contributed by atoms with E-state index in [-0.39, 0.29) is 18.3 Å². The summed E-state index contributed by atoms with van der Waals surface area (Å²) in [6.07, 6.45) is 0.112. The van der Waals surface area contributed by atoms with Crippen molar-refractivity contribution in [3.05, 3.63) is 0 Å². The smallest absolute Gasteiger partial charge is 0.345 e. The van der Waals surface area contributed by atoms with Crippen LogP contribution in [-0.4, -0.2) is 54.8 Å². The molecule has 0 saturated carbocycles. The number of morpholine rings is 1. The van der Waals surface area contributed by atoms with Gasteiger partial charge in [-0.3, -0.25) is 4.57 Å². The topological polar surface area (TPSA) is 42.0 Å². The van der Waals surface area contributed by atoms with Gasteiger partial charge in [0.25, 0.3) is 0 Å². The van der Waals surface area contributed by atoms with Crippen LogP contribution >= 0.6 is 7.67 Å². The van der Waals surface area contributed by atoms with Crippen molar-refractivity contribution in [1.82, 2.24) is 9.34 Å². The maximum absolute atomic E-state index is 13.4. The number of hydrogen-bond donors (Lipinski definition) is 0. The van der Waals surface area contributed by atoms with Crippen molar-refractivity contribution in [1.29, 1.82) is 0 Å². The van der Waals surface area contributed by atoms with Crippen LogP contribution in [0.5, 0.6) is 0 Å². The molecule has 0 amide bonds. The van der Waals surface area contributed by atoms with E-state index < -0.39 is 7.67 Å². The molecule has 0 aliphatic carbocycles. The molecule has 1 fully saturated rings. The molecule has 21 heavy (non-hydrogen) atoms. The molecule has 6 heteroatoms. The van der Waals surface area contributed by atoms with Crippen LogP contribution < -0.4 is 0 Å². The van der Waals surface area contributed by atoms with Gasteiger partial charge in [-0.05, 0) is 39.8 Å². The van der Waals surface area contributed by atoms with Crippen LogP contribution in [0.2, 0.25) is 0 Å². The molecule has 0 radical (unpaired) electrons. The lowest BCUT2D eigenvalue weighted by Gasteiger charge is -2.45. The van der Waals surface area contributed by atoms with Crippen LogP contribution in [-0.2, 0) is 13.8 Å². The van der Waals surface area contributed by atoms with Gasteiger partial charge in [-0.2, -0.15) is 0 Å². The summed E-state index contributed by atoms with van der Waals surface area (Å²) in [5.41, 5.74) is 0. The van der Waals surface area contributed by atoms with Gasteiger partial charge in [0.2, 0.25) is 0 Å². The Bertz CT molecular complexity index is 356. The standard InChI is InChI=1S/C15H33N2O3P/c1-11(2)14-9-17(10-15(19-14)12(3)4)21(18,16(7)8)20-13(5)6/h11-15H,9-10H2,1-8H3. The highest BCUT2D eigenvalue weighted by molar-refractivity contribution is 7.53. The molecule has 1 saturated heterocycles. The highest BCUT2D eigenvalue weighted by Crippen LogP contribution is 2.55. The van der Waals surface area contributed by atoms with E-state index in [0.29, 0.717) is 24.9 Å². The molecule has 3 unspecified atom stereocenters. The summed E-state index contributed by atoms with van der Waals surface area (Å²) in [6, 6.07) is 0. The molecule has 1 heterocycles. The van der Waals surface area contributed by atoms with E-state index in [1.165, 1.54) is 0 Å². The Morgan fingerprint density at radius 3 is 1.76 bits per heavy atom. The predicted molar refractivity (Wildman–Crippen MR) is 87.4 cm³/mol. The van der Waals surface area contributed by atoms with E-state index >= 15 is 0 Å². The second kappa shape index (κ2) is 7.56. The van der Waals surface area contributed by atoms with Crippen molar-refractivity contribution < 1.29 is 13.8 Å². The lowest BCUT2D eigenvalue weighted by atomic mass is 10.0. The van der Waals surface area contributed by atoms with E-state index in [0.717, 1.165) is 0 Å². The molecule has 0 aromatic carbocycles. The molecule has 3 atom stereocenters. The van der Waals surface area contributed by atoms with E-state index in [2.05, 4.69) is 27.7 Å². The minimum atomic E-state index is -2.99. The monoisotopic (exact) mass is 320 g/mol. The van der Waals surface area contributed by atoms with E-state index in [1.807, 2.05) is 32.6 Å². The van der Waals surface area contributed by atoms with Gasteiger partial charge in [0.15, 0.2) is 0 Å². The maximum Gasteiger partial charge on any atom is 0.345 e. The van der Waals surface area contributed by atoms with Crippen LogP contribution in [0, 0.1) is 11.8 Å². The van der Waals surface area contributed by atoms with Crippen molar-refractivity contribution >= 4 is 7.67 Å². The normalized spacial score (nSPS) is 27.8. The Balaban J connectivity index is 3.03. The first kappa shape index (κ1) is 19.1. The summed E-state index contributed by atoms with van der Waals surface area (Å²) in [4.78, 5) is 0. The number of ether oxygens (including phenoxy) is 1. The third-order valence-corrected chi connectivity index (χ3v) is 6.58. The minimum absolute atomic E-state index is 0.0731. The van der Waals surface area contributed by atoms with Crippen molar-refractivity contribution in [2.75, 3.05) is 27.2 Å². The molecule has 0 bridgehead atoms. The van der Waals surface area contributed by atoms with Gasteiger partial charge in [0, 0.05) is 13.1 Å². The zero-order chi connectivity index (χ0) is 16.4. The molecule has 5 nitrogen and oxygen atoms in total. The van der Waals surface area contributed by atoms with Crippen LogP contribution in [0.15, 0.2) is 0 Å². The van der Waals surface area contributed by atoms with Gasteiger partial charge in [-0.25, -0.2) is 9.34 Å².